The number of aromatic nitrogens is 2. The maximum absolute atomic E-state index is 13.7. The Balaban J connectivity index is 1.60. The lowest BCUT2D eigenvalue weighted by Gasteiger charge is -2.19. The van der Waals surface area contributed by atoms with Gasteiger partial charge in [-0.05, 0) is 59.6 Å². The van der Waals surface area contributed by atoms with Gasteiger partial charge < -0.3 is 10.6 Å². The van der Waals surface area contributed by atoms with E-state index in [9.17, 15) is 13.2 Å². The molecule has 174 valence electrons. The predicted molar refractivity (Wildman–Crippen MR) is 126 cm³/mol. The Morgan fingerprint density at radius 3 is 2.21 bits per heavy atom. The highest BCUT2D eigenvalue weighted by molar-refractivity contribution is 5.63. The third-order valence-electron chi connectivity index (χ3n) is 6.08. The number of nitrogens with zero attached hydrogens (tertiary/aromatic N) is 2. The number of alkyl halides is 3. The molecule has 0 amide bonds. The molecule has 2 aromatic carbocycles. The summed E-state index contributed by atoms with van der Waals surface area (Å²) in [7, 11) is 0. The Hall–Kier alpha value is -3.09. The Labute approximate surface area is 192 Å². The van der Waals surface area contributed by atoms with Gasteiger partial charge in [0.15, 0.2) is 0 Å². The third kappa shape index (κ3) is 5.64. The van der Waals surface area contributed by atoms with E-state index in [0.717, 1.165) is 30.2 Å². The van der Waals surface area contributed by atoms with Gasteiger partial charge in [0.25, 0.3) is 0 Å². The summed E-state index contributed by atoms with van der Waals surface area (Å²) >= 11 is 0. The monoisotopic (exact) mass is 454 g/mol. The first-order chi connectivity index (χ1) is 15.6. The van der Waals surface area contributed by atoms with Gasteiger partial charge in [0.05, 0.1) is 0 Å². The van der Waals surface area contributed by atoms with Crippen LogP contribution in [0.5, 0.6) is 0 Å². The molecule has 1 saturated carbocycles. The minimum atomic E-state index is -4.57. The quantitative estimate of drug-likeness (QED) is 0.411. The standard InChI is InChI=1S/C26H29F3N4/c1-25(2,3)19-11-13-20(14-12-19)32-24-30-16-22(26(27,28)29)23(33-24)31-21-10-6-9-18(15-21)17-7-4-5-8-17/h6,9-17H,4-5,7-8H2,1-3H3,(H2,30,31,32,33). The largest absolute Gasteiger partial charge is 0.421 e. The molecule has 0 radical (unpaired) electrons. The molecular formula is C26H29F3N4. The van der Waals surface area contributed by atoms with Crippen molar-refractivity contribution in [3.63, 3.8) is 0 Å². The summed E-state index contributed by atoms with van der Waals surface area (Å²) in [6, 6.07) is 15.3. The summed E-state index contributed by atoms with van der Waals surface area (Å²) in [4.78, 5) is 8.09. The predicted octanol–water partition coefficient (Wildman–Crippen LogP) is 7.94. The van der Waals surface area contributed by atoms with Gasteiger partial charge in [-0.25, -0.2) is 4.98 Å². The maximum Gasteiger partial charge on any atom is 0.421 e. The van der Waals surface area contributed by atoms with Crippen molar-refractivity contribution in [2.45, 2.75) is 64.0 Å². The van der Waals surface area contributed by atoms with E-state index in [4.69, 9.17) is 0 Å². The second-order valence-corrected chi connectivity index (χ2v) is 9.64. The van der Waals surface area contributed by atoms with Crippen LogP contribution >= 0.6 is 0 Å². The fraction of sp³-hybridized carbons (Fsp3) is 0.385. The molecule has 4 nitrogen and oxygen atoms in total. The van der Waals surface area contributed by atoms with Crippen molar-refractivity contribution in [3.8, 4) is 0 Å². The molecule has 1 aromatic heterocycles. The molecule has 1 heterocycles. The summed E-state index contributed by atoms with van der Waals surface area (Å²) in [6.07, 6.45) is 0.871. The van der Waals surface area contributed by atoms with Crippen LogP contribution in [0, 0.1) is 0 Å². The molecule has 0 bridgehead atoms. The van der Waals surface area contributed by atoms with Crippen LogP contribution in [0.25, 0.3) is 0 Å². The average molecular weight is 455 g/mol. The molecule has 4 rings (SSSR count). The Morgan fingerprint density at radius 1 is 0.879 bits per heavy atom. The first-order valence-electron chi connectivity index (χ1n) is 11.3. The maximum atomic E-state index is 13.7. The Kier molecular flexibility index (Phi) is 6.32. The second kappa shape index (κ2) is 9.04. The van der Waals surface area contributed by atoms with Gasteiger partial charge in [0.1, 0.15) is 11.4 Å². The van der Waals surface area contributed by atoms with E-state index in [0.29, 0.717) is 17.3 Å². The van der Waals surface area contributed by atoms with Gasteiger partial charge in [0, 0.05) is 17.6 Å². The zero-order valence-corrected chi connectivity index (χ0v) is 19.1. The molecule has 33 heavy (non-hydrogen) atoms. The van der Waals surface area contributed by atoms with Gasteiger partial charge in [-0.1, -0.05) is 57.9 Å². The van der Waals surface area contributed by atoms with Gasteiger partial charge in [-0.15, -0.1) is 0 Å². The van der Waals surface area contributed by atoms with E-state index in [1.165, 1.54) is 12.8 Å². The molecule has 1 fully saturated rings. The lowest BCUT2D eigenvalue weighted by atomic mass is 9.87. The third-order valence-corrected chi connectivity index (χ3v) is 6.08. The van der Waals surface area contributed by atoms with Crippen molar-refractivity contribution in [2.75, 3.05) is 10.6 Å². The Bertz CT molecular complexity index is 1100. The summed E-state index contributed by atoms with van der Waals surface area (Å²) < 4.78 is 41.0. The first kappa shape index (κ1) is 23.1. The molecular weight excluding hydrogens is 425 g/mol. The number of nitrogens with one attached hydrogen (secondary N) is 2. The van der Waals surface area contributed by atoms with E-state index < -0.39 is 11.7 Å². The average Bonchev–Trinajstić information content (AvgIpc) is 3.28. The summed E-state index contributed by atoms with van der Waals surface area (Å²) in [5.41, 5.74) is 2.71. The summed E-state index contributed by atoms with van der Waals surface area (Å²) in [5, 5.41) is 5.90. The molecule has 2 N–H and O–H groups in total. The van der Waals surface area contributed by atoms with E-state index in [1.54, 1.807) is 6.07 Å². The van der Waals surface area contributed by atoms with Crippen LogP contribution in [0.15, 0.2) is 54.7 Å². The molecule has 0 atom stereocenters. The smallest absolute Gasteiger partial charge is 0.340 e. The highest BCUT2D eigenvalue weighted by atomic mass is 19.4. The van der Waals surface area contributed by atoms with Crippen LogP contribution in [0.3, 0.4) is 0 Å². The van der Waals surface area contributed by atoms with Crippen LogP contribution in [-0.4, -0.2) is 9.97 Å². The van der Waals surface area contributed by atoms with Crippen LogP contribution in [0.4, 0.5) is 36.3 Å². The number of benzene rings is 2. The first-order valence-corrected chi connectivity index (χ1v) is 11.3. The number of hydrogen-bond donors (Lipinski definition) is 2. The molecule has 1 aliphatic carbocycles. The normalized spacial score (nSPS) is 15.0. The number of halogens is 3. The van der Waals surface area contributed by atoms with E-state index >= 15 is 0 Å². The van der Waals surface area contributed by atoms with Crippen molar-refractivity contribution >= 4 is 23.1 Å². The number of hydrogen-bond acceptors (Lipinski definition) is 4. The minimum absolute atomic E-state index is 0.00745. The molecule has 0 saturated heterocycles. The zero-order valence-electron chi connectivity index (χ0n) is 19.1. The Morgan fingerprint density at radius 2 is 1.58 bits per heavy atom. The van der Waals surface area contributed by atoms with Crippen molar-refractivity contribution in [3.05, 3.63) is 71.4 Å². The fourth-order valence-corrected chi connectivity index (χ4v) is 4.19. The second-order valence-electron chi connectivity index (χ2n) is 9.64. The van der Waals surface area contributed by atoms with Crippen molar-refractivity contribution in [2.24, 2.45) is 0 Å². The SMILES string of the molecule is CC(C)(C)c1ccc(Nc2ncc(C(F)(F)F)c(Nc3cccc(C4CCCC4)c3)n2)cc1. The van der Waals surface area contributed by atoms with E-state index in [1.807, 2.05) is 42.5 Å². The molecule has 0 aliphatic heterocycles. The van der Waals surface area contributed by atoms with E-state index in [-0.39, 0.29) is 17.2 Å². The molecule has 0 spiro atoms. The molecule has 7 heteroatoms. The van der Waals surface area contributed by atoms with Crippen LogP contribution in [0.2, 0.25) is 0 Å². The van der Waals surface area contributed by atoms with Gasteiger partial charge in [-0.3, -0.25) is 0 Å². The van der Waals surface area contributed by atoms with Gasteiger partial charge in [0.2, 0.25) is 5.95 Å². The topological polar surface area (TPSA) is 49.8 Å². The summed E-state index contributed by atoms with van der Waals surface area (Å²) in [5.74, 6) is 0.295. The van der Waals surface area contributed by atoms with Gasteiger partial charge >= 0.3 is 6.18 Å². The van der Waals surface area contributed by atoms with E-state index in [2.05, 4.69) is 41.4 Å². The lowest BCUT2D eigenvalue weighted by Crippen LogP contribution is -2.13. The highest BCUT2D eigenvalue weighted by Gasteiger charge is 2.35. The van der Waals surface area contributed by atoms with Crippen molar-refractivity contribution in [1.29, 1.82) is 0 Å². The van der Waals surface area contributed by atoms with Crippen LogP contribution in [-0.2, 0) is 11.6 Å². The minimum Gasteiger partial charge on any atom is -0.340 e. The molecule has 0 unspecified atom stereocenters. The van der Waals surface area contributed by atoms with Crippen LogP contribution < -0.4 is 10.6 Å². The molecule has 1 aliphatic rings. The lowest BCUT2D eigenvalue weighted by molar-refractivity contribution is -0.137. The zero-order chi connectivity index (χ0) is 23.6. The highest BCUT2D eigenvalue weighted by Crippen LogP contribution is 2.38. The number of rotatable bonds is 5. The van der Waals surface area contributed by atoms with Gasteiger partial charge in [-0.2, -0.15) is 18.2 Å². The fourth-order valence-electron chi connectivity index (χ4n) is 4.19. The van der Waals surface area contributed by atoms with Crippen LogP contribution in [0.1, 0.15) is 69.1 Å². The van der Waals surface area contributed by atoms with Crippen molar-refractivity contribution in [1.82, 2.24) is 9.97 Å². The summed E-state index contributed by atoms with van der Waals surface area (Å²) in [6.45, 7) is 6.36. The molecule has 3 aromatic rings. The van der Waals surface area contributed by atoms with Crippen molar-refractivity contribution < 1.29 is 13.2 Å². The number of anilines is 4.